The first-order chi connectivity index (χ1) is 9.64. The summed E-state index contributed by atoms with van der Waals surface area (Å²) in [6.07, 6.45) is 9.64. The van der Waals surface area contributed by atoms with Gasteiger partial charge in [-0.15, -0.1) is 0 Å². The van der Waals surface area contributed by atoms with Gasteiger partial charge < -0.3 is 5.32 Å². The maximum atomic E-state index is 3.96. The molecule has 0 bridgehead atoms. The van der Waals surface area contributed by atoms with Gasteiger partial charge in [-0.1, -0.05) is 59.8 Å². The molecule has 2 unspecified atom stereocenters. The first-order valence-corrected chi connectivity index (χ1v) is 9.13. The summed E-state index contributed by atoms with van der Waals surface area (Å²) in [7, 11) is 0. The maximum absolute atomic E-state index is 3.96. The Labute approximate surface area is 126 Å². The first-order valence-electron chi connectivity index (χ1n) is 9.13. The molecule has 0 radical (unpaired) electrons. The van der Waals surface area contributed by atoms with Gasteiger partial charge in [0.15, 0.2) is 0 Å². The highest BCUT2D eigenvalue weighted by atomic mass is 15.3. The van der Waals surface area contributed by atoms with Crippen LogP contribution in [0.2, 0.25) is 0 Å². The molecule has 1 saturated carbocycles. The van der Waals surface area contributed by atoms with Crippen molar-refractivity contribution in [1.29, 1.82) is 0 Å². The minimum absolute atomic E-state index is 0.468. The summed E-state index contributed by atoms with van der Waals surface area (Å²) in [5, 5.41) is 3.96. The van der Waals surface area contributed by atoms with Crippen LogP contribution in [-0.4, -0.2) is 36.1 Å². The molecule has 1 spiro atoms. The fourth-order valence-corrected chi connectivity index (χ4v) is 4.31. The second-order valence-electron chi connectivity index (χ2n) is 7.43. The van der Waals surface area contributed by atoms with Gasteiger partial charge in [-0.25, -0.2) is 0 Å². The molecule has 118 valence electrons. The van der Waals surface area contributed by atoms with Crippen LogP contribution >= 0.6 is 0 Å². The Bertz CT molecular complexity index is 279. The fourth-order valence-electron chi connectivity index (χ4n) is 4.31. The number of rotatable bonds is 6. The lowest BCUT2D eigenvalue weighted by Crippen LogP contribution is -2.65. The zero-order valence-corrected chi connectivity index (χ0v) is 14.3. The van der Waals surface area contributed by atoms with Crippen LogP contribution < -0.4 is 5.32 Å². The molecule has 1 heterocycles. The van der Waals surface area contributed by atoms with Crippen molar-refractivity contribution in [2.45, 2.75) is 84.2 Å². The van der Waals surface area contributed by atoms with Gasteiger partial charge in [0, 0.05) is 31.2 Å². The lowest BCUT2D eigenvalue weighted by Gasteiger charge is -2.49. The molecular formula is C18H36N2. The van der Waals surface area contributed by atoms with E-state index in [9.17, 15) is 0 Å². The highest BCUT2D eigenvalue weighted by Gasteiger charge is 2.42. The molecule has 2 nitrogen and oxygen atoms in total. The quantitative estimate of drug-likeness (QED) is 0.789. The number of nitrogens with zero attached hydrogens (tertiary/aromatic N) is 1. The molecule has 1 N–H and O–H groups in total. The predicted octanol–water partition coefficient (Wildman–Crippen LogP) is 4.06. The van der Waals surface area contributed by atoms with Crippen molar-refractivity contribution in [2.24, 2.45) is 11.8 Å². The Balaban J connectivity index is 2.05. The normalized spacial score (nSPS) is 28.4. The largest absolute Gasteiger partial charge is 0.308 e. The number of hydrogen-bond donors (Lipinski definition) is 1. The molecule has 20 heavy (non-hydrogen) atoms. The van der Waals surface area contributed by atoms with Crippen molar-refractivity contribution in [3.8, 4) is 0 Å². The van der Waals surface area contributed by atoms with Gasteiger partial charge in [0.05, 0.1) is 0 Å². The predicted molar refractivity (Wildman–Crippen MR) is 88.1 cm³/mol. The summed E-state index contributed by atoms with van der Waals surface area (Å²) < 4.78 is 0. The van der Waals surface area contributed by atoms with E-state index in [1.807, 2.05) is 0 Å². The first kappa shape index (κ1) is 16.3. The molecule has 0 aromatic carbocycles. The molecule has 1 aliphatic carbocycles. The van der Waals surface area contributed by atoms with Crippen molar-refractivity contribution in [2.75, 3.05) is 19.6 Å². The second kappa shape index (κ2) is 7.26. The second-order valence-corrected chi connectivity index (χ2v) is 7.43. The van der Waals surface area contributed by atoms with Crippen LogP contribution in [-0.2, 0) is 0 Å². The molecule has 1 saturated heterocycles. The Morgan fingerprint density at radius 3 is 2.30 bits per heavy atom. The van der Waals surface area contributed by atoms with Crippen molar-refractivity contribution in [1.82, 2.24) is 10.2 Å². The Morgan fingerprint density at radius 2 is 1.75 bits per heavy atom. The average molecular weight is 280 g/mol. The standard InChI is InChI=1S/C18H36N2/c1-5-15(4)17-12-19-18(10-8-9-11-18)14-20(17)13-16(6-2)7-3/h15-17,19H,5-14H2,1-4H3. The maximum Gasteiger partial charge on any atom is 0.0309 e. The van der Waals surface area contributed by atoms with Crippen molar-refractivity contribution >= 4 is 0 Å². The fraction of sp³-hybridized carbons (Fsp3) is 1.00. The molecule has 2 rings (SSSR count). The van der Waals surface area contributed by atoms with Gasteiger partial charge in [-0.3, -0.25) is 4.90 Å². The van der Waals surface area contributed by atoms with Gasteiger partial charge in [-0.2, -0.15) is 0 Å². The molecule has 2 fully saturated rings. The van der Waals surface area contributed by atoms with E-state index in [4.69, 9.17) is 0 Å². The molecule has 0 aromatic heterocycles. The van der Waals surface area contributed by atoms with Crippen LogP contribution in [0.4, 0.5) is 0 Å². The Hall–Kier alpha value is -0.0800. The smallest absolute Gasteiger partial charge is 0.0309 e. The van der Waals surface area contributed by atoms with E-state index < -0.39 is 0 Å². The lowest BCUT2D eigenvalue weighted by molar-refractivity contribution is 0.0384. The number of piperazine rings is 1. The Kier molecular flexibility index (Phi) is 5.92. The molecule has 1 aliphatic heterocycles. The average Bonchev–Trinajstić information content (AvgIpc) is 2.92. The SMILES string of the molecule is CCC(CC)CN1CC2(CCCC2)NCC1C(C)CC. The molecule has 0 aromatic rings. The van der Waals surface area contributed by atoms with Crippen LogP contribution in [0.5, 0.6) is 0 Å². The zero-order chi connectivity index (χ0) is 14.6. The molecule has 2 atom stereocenters. The minimum atomic E-state index is 0.468. The summed E-state index contributed by atoms with van der Waals surface area (Å²) >= 11 is 0. The Morgan fingerprint density at radius 1 is 1.10 bits per heavy atom. The van der Waals surface area contributed by atoms with E-state index in [-0.39, 0.29) is 0 Å². The van der Waals surface area contributed by atoms with Crippen molar-refractivity contribution in [3.63, 3.8) is 0 Å². The molecule has 0 amide bonds. The summed E-state index contributed by atoms with van der Waals surface area (Å²) in [4.78, 5) is 2.87. The third-order valence-corrected chi connectivity index (χ3v) is 6.17. The van der Waals surface area contributed by atoms with Gasteiger partial charge in [0.25, 0.3) is 0 Å². The monoisotopic (exact) mass is 280 g/mol. The van der Waals surface area contributed by atoms with Gasteiger partial charge in [0.2, 0.25) is 0 Å². The van der Waals surface area contributed by atoms with Gasteiger partial charge in [-0.05, 0) is 24.7 Å². The van der Waals surface area contributed by atoms with E-state index in [2.05, 4.69) is 37.9 Å². The molecule has 2 heteroatoms. The third-order valence-electron chi connectivity index (χ3n) is 6.17. The minimum Gasteiger partial charge on any atom is -0.308 e. The molecule has 2 aliphatic rings. The van der Waals surface area contributed by atoms with Crippen LogP contribution in [0.15, 0.2) is 0 Å². The number of hydrogen-bond acceptors (Lipinski definition) is 2. The zero-order valence-electron chi connectivity index (χ0n) is 14.3. The molecular weight excluding hydrogens is 244 g/mol. The summed E-state index contributed by atoms with van der Waals surface area (Å²) in [5.74, 6) is 1.70. The van der Waals surface area contributed by atoms with E-state index in [1.54, 1.807) is 0 Å². The summed E-state index contributed by atoms with van der Waals surface area (Å²) in [6.45, 7) is 13.4. The van der Waals surface area contributed by atoms with E-state index in [0.29, 0.717) is 5.54 Å². The van der Waals surface area contributed by atoms with Crippen LogP contribution in [0.25, 0.3) is 0 Å². The van der Waals surface area contributed by atoms with Crippen LogP contribution in [0.3, 0.4) is 0 Å². The summed E-state index contributed by atoms with van der Waals surface area (Å²) in [6, 6.07) is 0.756. The van der Waals surface area contributed by atoms with E-state index in [1.165, 1.54) is 64.6 Å². The van der Waals surface area contributed by atoms with Crippen molar-refractivity contribution < 1.29 is 0 Å². The van der Waals surface area contributed by atoms with E-state index in [0.717, 1.165) is 17.9 Å². The highest BCUT2D eigenvalue weighted by molar-refractivity contribution is 5.02. The van der Waals surface area contributed by atoms with E-state index >= 15 is 0 Å². The van der Waals surface area contributed by atoms with Crippen LogP contribution in [0.1, 0.15) is 72.6 Å². The summed E-state index contributed by atoms with van der Waals surface area (Å²) in [5.41, 5.74) is 0.468. The number of nitrogens with one attached hydrogen (secondary N) is 1. The van der Waals surface area contributed by atoms with Gasteiger partial charge in [0.1, 0.15) is 0 Å². The lowest BCUT2D eigenvalue weighted by atomic mass is 9.86. The van der Waals surface area contributed by atoms with Crippen molar-refractivity contribution in [3.05, 3.63) is 0 Å². The van der Waals surface area contributed by atoms with Gasteiger partial charge >= 0.3 is 0 Å². The highest BCUT2D eigenvalue weighted by Crippen LogP contribution is 2.35. The third kappa shape index (κ3) is 3.57. The van der Waals surface area contributed by atoms with Crippen LogP contribution in [0, 0.1) is 11.8 Å². The topological polar surface area (TPSA) is 15.3 Å².